The first kappa shape index (κ1) is 16.2. The summed E-state index contributed by atoms with van der Waals surface area (Å²) in [7, 11) is 0. The molecule has 0 unspecified atom stereocenters. The van der Waals surface area contributed by atoms with Crippen LogP contribution in [-0.4, -0.2) is 29.6 Å². The van der Waals surface area contributed by atoms with Crippen LogP contribution >= 0.6 is 0 Å². The Bertz CT molecular complexity index is 705. The summed E-state index contributed by atoms with van der Waals surface area (Å²) in [6.45, 7) is 1.67. The molecule has 2 fully saturated rings. The van der Waals surface area contributed by atoms with Gasteiger partial charge in [-0.25, -0.2) is 4.79 Å². The van der Waals surface area contributed by atoms with Gasteiger partial charge < -0.3 is 10.2 Å². The lowest BCUT2D eigenvalue weighted by Crippen LogP contribution is -2.46. The van der Waals surface area contributed by atoms with Gasteiger partial charge in [-0.05, 0) is 49.1 Å². The zero-order valence-electron chi connectivity index (χ0n) is 14.7. The smallest absolute Gasteiger partial charge is 0.317 e. The van der Waals surface area contributed by atoms with Crippen molar-refractivity contribution in [3.63, 3.8) is 0 Å². The van der Waals surface area contributed by atoms with Crippen LogP contribution in [0.3, 0.4) is 0 Å². The molecule has 0 radical (unpaired) electrons. The second-order valence-corrected chi connectivity index (χ2v) is 7.55. The van der Waals surface area contributed by atoms with Gasteiger partial charge in [0.25, 0.3) is 0 Å². The lowest BCUT2D eigenvalue weighted by Gasteiger charge is -2.36. The van der Waals surface area contributed by atoms with E-state index in [1.165, 1.54) is 11.1 Å². The normalized spacial score (nSPS) is 26.0. The minimum absolute atomic E-state index is 0.000941. The number of benzene rings is 2. The Hall–Kier alpha value is -2.29. The lowest BCUT2D eigenvalue weighted by atomic mass is 9.74. The van der Waals surface area contributed by atoms with E-state index in [1.54, 1.807) is 0 Å². The van der Waals surface area contributed by atoms with Crippen LogP contribution in [0.5, 0.6) is 0 Å². The van der Waals surface area contributed by atoms with Crippen molar-refractivity contribution < 1.29 is 4.79 Å². The Morgan fingerprint density at radius 2 is 1.60 bits per heavy atom. The number of urea groups is 1. The topological polar surface area (TPSA) is 32.3 Å². The third kappa shape index (κ3) is 3.55. The Balaban J connectivity index is 1.34. The number of nitrogens with one attached hydrogen (secondary N) is 1. The molecule has 0 aromatic heterocycles. The van der Waals surface area contributed by atoms with Gasteiger partial charge in [-0.1, -0.05) is 60.7 Å². The van der Waals surface area contributed by atoms with Crippen molar-refractivity contribution in [2.75, 3.05) is 13.1 Å². The van der Waals surface area contributed by atoms with Crippen LogP contribution in [0.25, 0.3) is 0 Å². The summed E-state index contributed by atoms with van der Waals surface area (Å²) in [5.41, 5.74) is 2.74. The molecule has 1 spiro atoms. The number of hydrogen-bond donors (Lipinski definition) is 1. The van der Waals surface area contributed by atoms with Gasteiger partial charge in [0.05, 0.1) is 5.54 Å². The average molecular weight is 334 g/mol. The molecule has 130 valence electrons. The minimum atomic E-state index is -0.000941. The van der Waals surface area contributed by atoms with Crippen LogP contribution in [0, 0.1) is 0 Å². The van der Waals surface area contributed by atoms with E-state index in [1.807, 2.05) is 11.0 Å². The van der Waals surface area contributed by atoms with Crippen molar-refractivity contribution in [2.45, 2.75) is 43.6 Å². The lowest BCUT2D eigenvalue weighted by molar-refractivity contribution is 0.217. The fourth-order valence-electron chi connectivity index (χ4n) is 4.38. The summed E-state index contributed by atoms with van der Waals surface area (Å²) in [5.74, 6) is 0.641. The average Bonchev–Trinajstić information content (AvgIpc) is 2.97. The van der Waals surface area contributed by atoms with E-state index in [9.17, 15) is 4.79 Å². The highest BCUT2D eigenvalue weighted by Gasteiger charge is 2.44. The summed E-state index contributed by atoms with van der Waals surface area (Å²) in [6.07, 6.45) is 5.42. The number of carbonyl (C=O) groups excluding carboxylic acids is 1. The summed E-state index contributed by atoms with van der Waals surface area (Å²) in [5, 5.41) is 3.31. The third-order valence-corrected chi connectivity index (χ3v) is 5.88. The largest absolute Gasteiger partial charge is 0.331 e. The van der Waals surface area contributed by atoms with Crippen LogP contribution in [0.4, 0.5) is 4.79 Å². The first-order valence-corrected chi connectivity index (χ1v) is 9.40. The molecule has 4 rings (SSSR count). The van der Waals surface area contributed by atoms with Crippen molar-refractivity contribution in [3.8, 4) is 0 Å². The van der Waals surface area contributed by atoms with Gasteiger partial charge >= 0.3 is 6.03 Å². The van der Waals surface area contributed by atoms with Crippen LogP contribution in [-0.2, 0) is 6.42 Å². The molecule has 25 heavy (non-hydrogen) atoms. The van der Waals surface area contributed by atoms with Crippen LogP contribution in [0.15, 0.2) is 60.7 Å². The number of hydrogen-bond acceptors (Lipinski definition) is 1. The first-order chi connectivity index (χ1) is 12.2. The monoisotopic (exact) mass is 334 g/mol. The standard InChI is InChI=1S/C22H26N2O/c25-21-23-22(17-24(21)16-13-18-7-3-1-4-8-18)14-11-20(12-15-22)19-9-5-2-6-10-19/h1-10,20H,11-17H2,(H,23,25). The highest BCUT2D eigenvalue weighted by Crippen LogP contribution is 2.40. The maximum atomic E-state index is 12.4. The summed E-state index contributed by atoms with van der Waals surface area (Å²) in [4.78, 5) is 14.4. The van der Waals surface area contributed by atoms with Gasteiger partial charge in [-0.15, -0.1) is 0 Å². The molecule has 1 aliphatic carbocycles. The van der Waals surface area contributed by atoms with Crippen LogP contribution in [0.2, 0.25) is 0 Å². The molecule has 0 bridgehead atoms. The molecule has 1 N–H and O–H groups in total. The van der Waals surface area contributed by atoms with E-state index in [2.05, 4.69) is 59.9 Å². The molecule has 1 saturated heterocycles. The van der Waals surface area contributed by atoms with Gasteiger partial charge in [0.1, 0.15) is 0 Å². The maximum absolute atomic E-state index is 12.4. The Morgan fingerprint density at radius 1 is 0.960 bits per heavy atom. The van der Waals surface area contributed by atoms with E-state index in [4.69, 9.17) is 0 Å². The molecule has 3 nitrogen and oxygen atoms in total. The molecule has 1 saturated carbocycles. The third-order valence-electron chi connectivity index (χ3n) is 5.88. The summed E-state index contributed by atoms with van der Waals surface area (Å²) < 4.78 is 0. The van der Waals surface area contributed by atoms with E-state index < -0.39 is 0 Å². The first-order valence-electron chi connectivity index (χ1n) is 9.40. The van der Waals surface area contributed by atoms with Gasteiger partial charge in [0, 0.05) is 13.1 Å². The molecule has 2 aromatic rings. The van der Waals surface area contributed by atoms with Gasteiger partial charge in [0.15, 0.2) is 0 Å². The molecule has 0 atom stereocenters. The summed E-state index contributed by atoms with van der Waals surface area (Å²) in [6, 6.07) is 21.4. The number of rotatable bonds is 4. The number of amides is 2. The van der Waals surface area contributed by atoms with E-state index >= 15 is 0 Å². The Labute approximate surface area is 150 Å². The molecule has 2 amide bonds. The van der Waals surface area contributed by atoms with Crippen LogP contribution in [0.1, 0.15) is 42.7 Å². The fraction of sp³-hybridized carbons (Fsp3) is 0.409. The molecular weight excluding hydrogens is 308 g/mol. The molecule has 2 aromatic carbocycles. The molecule has 1 heterocycles. The van der Waals surface area contributed by atoms with Crippen molar-refractivity contribution in [1.82, 2.24) is 10.2 Å². The quantitative estimate of drug-likeness (QED) is 0.886. The zero-order valence-corrected chi connectivity index (χ0v) is 14.7. The van der Waals surface area contributed by atoms with E-state index in [0.717, 1.165) is 45.2 Å². The fourth-order valence-corrected chi connectivity index (χ4v) is 4.38. The summed E-state index contributed by atoms with van der Waals surface area (Å²) >= 11 is 0. The van der Waals surface area contributed by atoms with Crippen molar-refractivity contribution in [3.05, 3.63) is 71.8 Å². The zero-order chi connectivity index (χ0) is 17.1. The van der Waals surface area contributed by atoms with Gasteiger partial charge in [0.2, 0.25) is 0 Å². The maximum Gasteiger partial charge on any atom is 0.317 e. The SMILES string of the molecule is O=C1NC2(CCC(c3ccccc3)CC2)CN1CCc1ccccc1. The Kier molecular flexibility index (Phi) is 4.48. The predicted molar refractivity (Wildman–Crippen MR) is 101 cm³/mol. The highest BCUT2D eigenvalue weighted by molar-refractivity contribution is 5.78. The predicted octanol–water partition coefficient (Wildman–Crippen LogP) is 4.35. The van der Waals surface area contributed by atoms with Gasteiger partial charge in [-0.2, -0.15) is 0 Å². The minimum Gasteiger partial charge on any atom is -0.331 e. The molecule has 3 heteroatoms. The van der Waals surface area contributed by atoms with E-state index in [0.29, 0.717) is 5.92 Å². The number of nitrogens with zero attached hydrogens (tertiary/aromatic N) is 1. The number of carbonyl (C=O) groups is 1. The van der Waals surface area contributed by atoms with Crippen molar-refractivity contribution in [2.24, 2.45) is 0 Å². The second-order valence-electron chi connectivity index (χ2n) is 7.55. The van der Waals surface area contributed by atoms with Crippen LogP contribution < -0.4 is 5.32 Å². The van der Waals surface area contributed by atoms with Crippen molar-refractivity contribution >= 4 is 6.03 Å². The Morgan fingerprint density at radius 3 is 2.28 bits per heavy atom. The second kappa shape index (κ2) is 6.91. The van der Waals surface area contributed by atoms with Gasteiger partial charge in [-0.3, -0.25) is 0 Å². The van der Waals surface area contributed by atoms with E-state index in [-0.39, 0.29) is 11.6 Å². The molecule has 1 aliphatic heterocycles. The van der Waals surface area contributed by atoms with Crippen molar-refractivity contribution in [1.29, 1.82) is 0 Å². The molecular formula is C22H26N2O. The highest BCUT2D eigenvalue weighted by atomic mass is 16.2. The molecule has 2 aliphatic rings.